The van der Waals surface area contributed by atoms with Gasteiger partial charge in [-0.05, 0) is 24.7 Å². The zero-order chi connectivity index (χ0) is 11.1. The van der Waals surface area contributed by atoms with Gasteiger partial charge < -0.3 is 9.72 Å². The van der Waals surface area contributed by atoms with Gasteiger partial charge in [-0.3, -0.25) is 4.57 Å². The Bertz CT molecular complexity index is 585. The van der Waals surface area contributed by atoms with E-state index in [0.29, 0.717) is 16.4 Å². The van der Waals surface area contributed by atoms with Crippen molar-refractivity contribution in [3.63, 3.8) is 0 Å². The van der Waals surface area contributed by atoms with Crippen molar-refractivity contribution in [3.05, 3.63) is 22.1 Å². The fourth-order valence-electron chi connectivity index (χ4n) is 2.05. The first-order valence-electron chi connectivity index (χ1n) is 5.09. The highest BCUT2D eigenvalue weighted by Gasteiger charge is 2.21. The number of nitrogens with one attached hydrogen (secondary N) is 1. The molecule has 2 aromatic rings. The minimum absolute atomic E-state index is 0.287. The summed E-state index contributed by atoms with van der Waals surface area (Å²) in [5, 5.41) is 0.610. The fourth-order valence-corrected chi connectivity index (χ4v) is 2.56. The van der Waals surface area contributed by atoms with Crippen LogP contribution in [0.1, 0.15) is 12.5 Å². The second-order valence-electron chi connectivity index (χ2n) is 3.84. The van der Waals surface area contributed by atoms with E-state index in [1.807, 2.05) is 10.6 Å². The molecule has 0 radical (unpaired) electrons. The summed E-state index contributed by atoms with van der Waals surface area (Å²) in [6, 6.07) is 2.13. The third-order valence-corrected chi connectivity index (χ3v) is 3.30. The van der Waals surface area contributed by atoms with E-state index >= 15 is 0 Å². The highest BCUT2D eigenvalue weighted by molar-refractivity contribution is 7.71. The van der Waals surface area contributed by atoms with Crippen molar-refractivity contribution in [1.82, 2.24) is 14.5 Å². The third kappa shape index (κ3) is 1.55. The fraction of sp³-hybridized carbons (Fsp3) is 0.400. The number of hydrogen-bond acceptors (Lipinski definition) is 3. The van der Waals surface area contributed by atoms with E-state index in [1.165, 1.54) is 0 Å². The van der Waals surface area contributed by atoms with Gasteiger partial charge in [-0.1, -0.05) is 11.6 Å². The van der Waals surface area contributed by atoms with Crippen molar-refractivity contribution in [2.45, 2.75) is 12.5 Å². The molecule has 6 heteroatoms. The minimum Gasteiger partial charge on any atom is -0.379 e. The quantitative estimate of drug-likeness (QED) is 0.797. The molecule has 0 saturated carbocycles. The van der Waals surface area contributed by atoms with Crippen LogP contribution in [0.5, 0.6) is 0 Å². The molecule has 16 heavy (non-hydrogen) atoms. The second-order valence-corrected chi connectivity index (χ2v) is 4.67. The van der Waals surface area contributed by atoms with Crippen LogP contribution in [-0.4, -0.2) is 27.7 Å². The molecule has 1 saturated heterocycles. The van der Waals surface area contributed by atoms with Crippen LogP contribution in [0.25, 0.3) is 11.2 Å². The Morgan fingerprint density at radius 1 is 1.62 bits per heavy atom. The number of aromatic amines is 1. The summed E-state index contributed by atoms with van der Waals surface area (Å²) >= 11 is 11.2. The summed E-state index contributed by atoms with van der Waals surface area (Å²) in [4.78, 5) is 7.44. The number of ether oxygens (including phenoxy) is 1. The number of imidazole rings is 1. The summed E-state index contributed by atoms with van der Waals surface area (Å²) in [6.07, 6.45) is 2.62. The molecule has 1 unspecified atom stereocenters. The molecule has 0 amide bonds. The molecule has 2 aromatic heterocycles. The van der Waals surface area contributed by atoms with Crippen LogP contribution in [0.15, 0.2) is 12.3 Å². The smallest absolute Gasteiger partial charge is 0.179 e. The maximum Gasteiger partial charge on any atom is 0.179 e. The summed E-state index contributed by atoms with van der Waals surface area (Å²) in [6.45, 7) is 1.48. The molecule has 1 aliphatic rings. The summed E-state index contributed by atoms with van der Waals surface area (Å²) in [5.74, 6) is 0. The van der Waals surface area contributed by atoms with Gasteiger partial charge in [-0.2, -0.15) is 0 Å². The molecule has 0 bridgehead atoms. The van der Waals surface area contributed by atoms with Crippen LogP contribution in [0.4, 0.5) is 0 Å². The van der Waals surface area contributed by atoms with Gasteiger partial charge >= 0.3 is 0 Å². The van der Waals surface area contributed by atoms with Crippen LogP contribution in [0, 0.1) is 4.77 Å². The molecule has 1 N–H and O–H groups in total. The maximum atomic E-state index is 5.89. The van der Waals surface area contributed by atoms with Gasteiger partial charge in [0.15, 0.2) is 10.4 Å². The third-order valence-electron chi connectivity index (χ3n) is 2.79. The standard InChI is InChI=1S/C10H10ClN3OS/c11-6-3-8-9(12-4-6)14(10(16)13-8)7-1-2-15-5-7/h3-4,7H,1-2,5H2,(H,13,16). The van der Waals surface area contributed by atoms with Crippen LogP contribution >= 0.6 is 23.8 Å². The van der Waals surface area contributed by atoms with Gasteiger partial charge in [0.25, 0.3) is 0 Å². The van der Waals surface area contributed by atoms with Crippen molar-refractivity contribution >= 4 is 35.0 Å². The van der Waals surface area contributed by atoms with Crippen molar-refractivity contribution in [1.29, 1.82) is 0 Å². The Balaban J connectivity index is 2.23. The molecule has 3 rings (SSSR count). The summed E-state index contributed by atoms with van der Waals surface area (Å²) in [5.41, 5.74) is 1.73. The Kier molecular flexibility index (Phi) is 2.46. The van der Waals surface area contributed by atoms with Crippen LogP contribution in [0.2, 0.25) is 5.02 Å². The number of rotatable bonds is 1. The first-order valence-corrected chi connectivity index (χ1v) is 5.88. The Labute approximate surface area is 102 Å². The van der Waals surface area contributed by atoms with Crippen molar-refractivity contribution in [2.24, 2.45) is 0 Å². The lowest BCUT2D eigenvalue weighted by atomic mass is 10.2. The second kappa shape index (κ2) is 3.84. The highest BCUT2D eigenvalue weighted by Crippen LogP contribution is 2.25. The van der Waals surface area contributed by atoms with Crippen molar-refractivity contribution in [3.8, 4) is 0 Å². The molecule has 4 nitrogen and oxygen atoms in total. The number of hydrogen-bond donors (Lipinski definition) is 1. The van der Waals surface area contributed by atoms with Gasteiger partial charge in [0.2, 0.25) is 0 Å². The van der Waals surface area contributed by atoms with Crippen molar-refractivity contribution < 1.29 is 4.74 Å². The van der Waals surface area contributed by atoms with E-state index in [-0.39, 0.29) is 6.04 Å². The lowest BCUT2D eigenvalue weighted by molar-refractivity contribution is 0.187. The topological polar surface area (TPSA) is 42.8 Å². The average molecular weight is 256 g/mol. The molecule has 1 atom stereocenters. The lowest BCUT2D eigenvalue weighted by Crippen LogP contribution is -2.09. The van der Waals surface area contributed by atoms with Gasteiger partial charge in [-0.15, -0.1) is 0 Å². The van der Waals surface area contributed by atoms with Gasteiger partial charge in [0.05, 0.1) is 23.2 Å². The maximum absolute atomic E-state index is 5.89. The van der Waals surface area contributed by atoms with Crippen LogP contribution in [-0.2, 0) is 4.74 Å². The first-order chi connectivity index (χ1) is 7.75. The molecular weight excluding hydrogens is 246 g/mol. The number of pyridine rings is 1. The molecular formula is C10H10ClN3OS. The van der Waals surface area contributed by atoms with E-state index in [2.05, 4.69) is 9.97 Å². The van der Waals surface area contributed by atoms with E-state index in [4.69, 9.17) is 28.6 Å². The summed E-state index contributed by atoms with van der Waals surface area (Å²) in [7, 11) is 0. The lowest BCUT2D eigenvalue weighted by Gasteiger charge is -2.09. The number of fused-ring (bicyclic) bond motifs is 1. The number of H-pyrrole nitrogens is 1. The number of nitrogens with zero attached hydrogens (tertiary/aromatic N) is 2. The molecule has 0 spiro atoms. The molecule has 0 aliphatic carbocycles. The van der Waals surface area contributed by atoms with Gasteiger partial charge in [0, 0.05) is 12.8 Å². The molecule has 1 aliphatic heterocycles. The van der Waals surface area contributed by atoms with Crippen LogP contribution < -0.4 is 0 Å². The van der Waals surface area contributed by atoms with E-state index in [1.54, 1.807) is 6.20 Å². The molecule has 3 heterocycles. The Morgan fingerprint density at radius 3 is 3.25 bits per heavy atom. The van der Waals surface area contributed by atoms with E-state index in [0.717, 1.165) is 24.2 Å². The average Bonchev–Trinajstić information content (AvgIpc) is 2.83. The Hall–Kier alpha value is -0.910. The normalized spacial score (nSPS) is 20.7. The molecule has 1 fully saturated rings. The Morgan fingerprint density at radius 2 is 2.50 bits per heavy atom. The highest BCUT2D eigenvalue weighted by atomic mass is 35.5. The zero-order valence-electron chi connectivity index (χ0n) is 8.44. The monoisotopic (exact) mass is 255 g/mol. The largest absolute Gasteiger partial charge is 0.379 e. The predicted octanol–water partition coefficient (Wildman–Crippen LogP) is 2.71. The molecule has 0 aromatic carbocycles. The number of aromatic nitrogens is 3. The first kappa shape index (κ1) is 10.3. The van der Waals surface area contributed by atoms with Crippen molar-refractivity contribution in [2.75, 3.05) is 13.2 Å². The predicted molar refractivity (Wildman–Crippen MR) is 64.4 cm³/mol. The minimum atomic E-state index is 0.287. The SMILES string of the molecule is S=c1[nH]c2cc(Cl)cnc2n1C1CCOC1. The van der Waals surface area contributed by atoms with Crippen LogP contribution in [0.3, 0.4) is 0 Å². The summed E-state index contributed by atoms with van der Waals surface area (Å²) < 4.78 is 8.08. The van der Waals surface area contributed by atoms with Gasteiger partial charge in [-0.25, -0.2) is 4.98 Å². The van der Waals surface area contributed by atoms with Gasteiger partial charge in [0.1, 0.15) is 0 Å². The number of halogens is 1. The zero-order valence-corrected chi connectivity index (χ0v) is 10.0. The van der Waals surface area contributed by atoms with E-state index < -0.39 is 0 Å². The molecule has 84 valence electrons. The van der Waals surface area contributed by atoms with E-state index in [9.17, 15) is 0 Å².